The second-order valence-corrected chi connectivity index (χ2v) is 4.06. The highest BCUT2D eigenvalue weighted by Crippen LogP contribution is 2.21. The average molecular weight is 257 g/mol. The lowest BCUT2D eigenvalue weighted by atomic mass is 10.3. The fraction of sp³-hybridized carbons (Fsp3) is 0.625. The van der Waals surface area contributed by atoms with Gasteiger partial charge in [0.05, 0.1) is 12.2 Å². The van der Waals surface area contributed by atoms with Gasteiger partial charge in [0.25, 0.3) is 0 Å². The van der Waals surface area contributed by atoms with Crippen molar-refractivity contribution in [1.29, 1.82) is 0 Å². The maximum Gasteiger partial charge on any atom is 0.319 e. The minimum Gasteiger partial charge on any atom is -0.375 e. The van der Waals surface area contributed by atoms with Crippen molar-refractivity contribution in [1.82, 2.24) is 10.3 Å². The highest BCUT2D eigenvalue weighted by molar-refractivity contribution is 7.13. The first-order valence-corrected chi connectivity index (χ1v) is 5.36. The van der Waals surface area contributed by atoms with Gasteiger partial charge in [-0.25, -0.2) is 13.8 Å². The van der Waals surface area contributed by atoms with Crippen molar-refractivity contribution in [2.45, 2.75) is 18.8 Å². The van der Waals surface area contributed by atoms with E-state index in [-0.39, 0.29) is 6.54 Å². The number of halogens is 4. The van der Waals surface area contributed by atoms with Gasteiger partial charge >= 0.3 is 12.3 Å². The number of nitrogens with two attached hydrogens (primary N) is 1. The standard InChI is InChI=1S/C8H11F4N3S/c9-6(10)8(11,12)4-14-2-1-5-3-16-7(13)15-5/h3,6,14H,1-2,4H2,(H2,13,15). The van der Waals surface area contributed by atoms with Gasteiger partial charge in [0.1, 0.15) is 0 Å². The summed E-state index contributed by atoms with van der Waals surface area (Å²) in [4.78, 5) is 3.90. The van der Waals surface area contributed by atoms with Gasteiger partial charge < -0.3 is 11.1 Å². The number of nitrogens with zero attached hydrogens (tertiary/aromatic N) is 1. The summed E-state index contributed by atoms with van der Waals surface area (Å²) in [5, 5.41) is 4.35. The van der Waals surface area contributed by atoms with Crippen LogP contribution in [0, 0.1) is 0 Å². The first-order chi connectivity index (χ1) is 7.42. The summed E-state index contributed by atoms with van der Waals surface area (Å²) in [6, 6.07) is 0. The van der Waals surface area contributed by atoms with E-state index in [0.717, 1.165) is 0 Å². The van der Waals surface area contributed by atoms with Crippen LogP contribution in [-0.2, 0) is 6.42 Å². The van der Waals surface area contributed by atoms with Crippen molar-refractivity contribution in [2.24, 2.45) is 0 Å². The molecule has 8 heteroatoms. The lowest BCUT2D eigenvalue weighted by Gasteiger charge is -2.15. The van der Waals surface area contributed by atoms with E-state index < -0.39 is 18.9 Å². The Morgan fingerprint density at radius 2 is 2.19 bits per heavy atom. The van der Waals surface area contributed by atoms with Crippen LogP contribution in [0.3, 0.4) is 0 Å². The Labute approximate surface area is 93.7 Å². The monoisotopic (exact) mass is 257 g/mol. The molecule has 0 atom stereocenters. The predicted molar refractivity (Wildman–Crippen MR) is 54.1 cm³/mol. The molecule has 0 aromatic carbocycles. The second-order valence-electron chi connectivity index (χ2n) is 3.17. The molecule has 3 nitrogen and oxygen atoms in total. The lowest BCUT2D eigenvalue weighted by molar-refractivity contribution is -0.125. The molecular weight excluding hydrogens is 246 g/mol. The van der Waals surface area contributed by atoms with E-state index in [2.05, 4.69) is 10.3 Å². The zero-order valence-electron chi connectivity index (χ0n) is 8.22. The third-order valence-corrected chi connectivity index (χ3v) is 2.53. The molecule has 92 valence electrons. The first kappa shape index (κ1) is 13.2. The van der Waals surface area contributed by atoms with E-state index in [0.29, 0.717) is 17.2 Å². The Morgan fingerprint density at radius 3 is 2.69 bits per heavy atom. The Bertz CT molecular complexity index is 329. The van der Waals surface area contributed by atoms with Crippen molar-refractivity contribution in [2.75, 3.05) is 18.8 Å². The Hall–Kier alpha value is -0.890. The molecule has 1 aromatic heterocycles. The van der Waals surface area contributed by atoms with Crippen molar-refractivity contribution in [3.63, 3.8) is 0 Å². The van der Waals surface area contributed by atoms with Crippen LogP contribution in [-0.4, -0.2) is 30.4 Å². The topological polar surface area (TPSA) is 50.9 Å². The number of nitrogens with one attached hydrogen (secondary N) is 1. The van der Waals surface area contributed by atoms with Crippen LogP contribution >= 0.6 is 11.3 Å². The van der Waals surface area contributed by atoms with E-state index in [1.165, 1.54) is 11.3 Å². The molecule has 1 rings (SSSR count). The summed E-state index contributed by atoms with van der Waals surface area (Å²) in [5.41, 5.74) is 6.02. The molecule has 0 unspecified atom stereocenters. The number of thiazole rings is 1. The molecule has 0 fully saturated rings. The number of hydrogen-bond donors (Lipinski definition) is 2. The second kappa shape index (κ2) is 5.44. The molecule has 0 aliphatic rings. The molecule has 0 aliphatic heterocycles. The van der Waals surface area contributed by atoms with E-state index in [1.54, 1.807) is 5.38 Å². The van der Waals surface area contributed by atoms with E-state index in [4.69, 9.17) is 5.73 Å². The maximum atomic E-state index is 12.4. The number of aromatic nitrogens is 1. The van der Waals surface area contributed by atoms with Gasteiger partial charge in [0.15, 0.2) is 5.13 Å². The van der Waals surface area contributed by atoms with Gasteiger partial charge in [0.2, 0.25) is 0 Å². The number of rotatable bonds is 6. The average Bonchev–Trinajstić information content (AvgIpc) is 2.59. The summed E-state index contributed by atoms with van der Waals surface area (Å²) in [5.74, 6) is -3.99. The number of hydrogen-bond acceptors (Lipinski definition) is 4. The third kappa shape index (κ3) is 3.93. The molecule has 0 aliphatic carbocycles. The molecule has 0 radical (unpaired) electrons. The highest BCUT2D eigenvalue weighted by atomic mass is 32.1. The molecule has 0 bridgehead atoms. The predicted octanol–water partition coefficient (Wildman–Crippen LogP) is 1.76. The molecule has 0 amide bonds. The quantitative estimate of drug-likeness (QED) is 0.603. The lowest BCUT2D eigenvalue weighted by Crippen LogP contribution is -2.39. The summed E-state index contributed by atoms with van der Waals surface area (Å²) >= 11 is 1.24. The Morgan fingerprint density at radius 1 is 1.50 bits per heavy atom. The van der Waals surface area contributed by atoms with Gasteiger partial charge in [0, 0.05) is 18.3 Å². The molecule has 0 saturated heterocycles. The van der Waals surface area contributed by atoms with E-state index in [1.807, 2.05) is 0 Å². The zero-order chi connectivity index (χ0) is 12.2. The van der Waals surface area contributed by atoms with Crippen LogP contribution in [0.15, 0.2) is 5.38 Å². The van der Waals surface area contributed by atoms with Crippen LogP contribution < -0.4 is 11.1 Å². The van der Waals surface area contributed by atoms with E-state index in [9.17, 15) is 17.6 Å². The summed E-state index contributed by atoms with van der Waals surface area (Å²) in [6.07, 6.45) is -3.26. The van der Waals surface area contributed by atoms with Gasteiger partial charge in [-0.1, -0.05) is 0 Å². The first-order valence-electron chi connectivity index (χ1n) is 4.48. The summed E-state index contributed by atoms with van der Waals surface area (Å²) in [7, 11) is 0. The third-order valence-electron chi connectivity index (χ3n) is 1.81. The highest BCUT2D eigenvalue weighted by Gasteiger charge is 2.39. The van der Waals surface area contributed by atoms with Crippen molar-refractivity contribution in [3.8, 4) is 0 Å². The van der Waals surface area contributed by atoms with Crippen LogP contribution in [0.5, 0.6) is 0 Å². The zero-order valence-corrected chi connectivity index (χ0v) is 9.04. The fourth-order valence-electron chi connectivity index (χ4n) is 0.986. The number of nitrogen functional groups attached to an aromatic ring is 1. The maximum absolute atomic E-state index is 12.4. The molecule has 1 heterocycles. The van der Waals surface area contributed by atoms with Crippen molar-refractivity contribution in [3.05, 3.63) is 11.1 Å². The van der Waals surface area contributed by atoms with Crippen LogP contribution in [0.1, 0.15) is 5.69 Å². The molecule has 1 aromatic rings. The Kier molecular flexibility index (Phi) is 4.48. The van der Waals surface area contributed by atoms with Crippen LogP contribution in [0.4, 0.5) is 22.7 Å². The smallest absolute Gasteiger partial charge is 0.319 e. The van der Waals surface area contributed by atoms with Gasteiger partial charge in [-0.05, 0) is 0 Å². The van der Waals surface area contributed by atoms with Gasteiger partial charge in [-0.15, -0.1) is 11.3 Å². The van der Waals surface area contributed by atoms with Gasteiger partial charge in [-0.3, -0.25) is 0 Å². The SMILES string of the molecule is Nc1nc(CCNCC(F)(F)C(F)F)cs1. The number of alkyl halides is 4. The molecule has 0 spiro atoms. The molecule has 0 saturated carbocycles. The largest absolute Gasteiger partial charge is 0.375 e. The normalized spacial score (nSPS) is 12.3. The fourth-order valence-corrected chi connectivity index (χ4v) is 1.58. The number of anilines is 1. The van der Waals surface area contributed by atoms with Crippen LogP contribution in [0.25, 0.3) is 0 Å². The molecular formula is C8H11F4N3S. The molecule has 16 heavy (non-hydrogen) atoms. The van der Waals surface area contributed by atoms with E-state index >= 15 is 0 Å². The minimum atomic E-state index is -3.99. The van der Waals surface area contributed by atoms with Gasteiger partial charge in [-0.2, -0.15) is 8.78 Å². The summed E-state index contributed by atoms with van der Waals surface area (Å²) < 4.78 is 48.4. The van der Waals surface area contributed by atoms with Crippen molar-refractivity contribution >= 4 is 16.5 Å². The summed E-state index contributed by atoms with van der Waals surface area (Å²) in [6.45, 7) is -0.879. The van der Waals surface area contributed by atoms with Crippen LogP contribution in [0.2, 0.25) is 0 Å². The molecule has 3 N–H and O–H groups in total. The Balaban J connectivity index is 2.22. The van der Waals surface area contributed by atoms with Crippen molar-refractivity contribution < 1.29 is 17.6 Å². The minimum absolute atomic E-state index is 0.158.